The topological polar surface area (TPSA) is 21.6 Å². The van der Waals surface area contributed by atoms with Gasteiger partial charge in [0, 0.05) is 10.9 Å². The smallest absolute Gasteiger partial charge is 0.184 e. The molecule has 1 heterocycles. The summed E-state index contributed by atoms with van der Waals surface area (Å²) >= 11 is 3.45. The Hall–Kier alpha value is -0.830. The van der Waals surface area contributed by atoms with Gasteiger partial charge in [0.1, 0.15) is 12.6 Å². The van der Waals surface area contributed by atoms with Crippen molar-refractivity contribution in [2.75, 3.05) is 6.61 Å². The van der Waals surface area contributed by atoms with E-state index in [2.05, 4.69) is 52.1 Å². The molecule has 0 saturated heterocycles. The third kappa shape index (κ3) is 4.64. The molecule has 1 aromatic carbocycles. The number of halogens is 1. The van der Waals surface area contributed by atoms with Gasteiger partial charge in [-0.2, -0.15) is 0 Å². The molecule has 0 aromatic heterocycles. The van der Waals surface area contributed by atoms with E-state index in [4.69, 9.17) is 4.74 Å². The monoisotopic (exact) mass is 323 g/mol. The molecule has 0 amide bonds. The Kier molecular flexibility index (Phi) is 5.90. The second-order valence-corrected chi connectivity index (χ2v) is 5.98. The predicted octanol–water partition coefficient (Wildman–Crippen LogP) is 5.28. The summed E-state index contributed by atoms with van der Waals surface area (Å²) in [6, 6.07) is 8.55. The second kappa shape index (κ2) is 7.68. The third-order valence-electron chi connectivity index (χ3n) is 3.46. The minimum Gasteiger partial charge on any atom is -0.478 e. The van der Waals surface area contributed by atoms with Crippen LogP contribution in [-0.2, 0) is 4.74 Å². The summed E-state index contributed by atoms with van der Waals surface area (Å²) in [7, 11) is 0. The molecule has 0 radical (unpaired) electrons. The summed E-state index contributed by atoms with van der Waals surface area (Å²) in [6.07, 6.45) is 7.46. The lowest BCUT2D eigenvalue weighted by atomic mass is 10.1. The summed E-state index contributed by atoms with van der Waals surface area (Å²) in [5.41, 5.74) is 1.24. The van der Waals surface area contributed by atoms with Crippen LogP contribution >= 0.6 is 15.9 Å². The van der Waals surface area contributed by atoms with E-state index >= 15 is 0 Å². The molecule has 2 rings (SSSR count). The molecule has 0 spiro atoms. The average Bonchev–Trinajstić information content (AvgIpc) is 2.88. The Morgan fingerprint density at radius 3 is 2.63 bits per heavy atom. The van der Waals surface area contributed by atoms with E-state index in [1.54, 1.807) is 0 Å². The maximum absolute atomic E-state index is 5.70. The van der Waals surface area contributed by atoms with Crippen LogP contribution in [0.1, 0.15) is 57.1 Å². The maximum atomic E-state index is 5.70. The Balaban J connectivity index is 1.78. The van der Waals surface area contributed by atoms with Gasteiger partial charge in [-0.25, -0.2) is 4.99 Å². The molecule has 0 bridgehead atoms. The van der Waals surface area contributed by atoms with Gasteiger partial charge >= 0.3 is 0 Å². The number of nitrogens with zero attached hydrogens (tertiary/aromatic N) is 1. The van der Waals surface area contributed by atoms with Crippen molar-refractivity contribution < 1.29 is 4.74 Å². The highest BCUT2D eigenvalue weighted by molar-refractivity contribution is 9.10. The lowest BCUT2D eigenvalue weighted by Gasteiger charge is -2.04. The molecule has 0 saturated carbocycles. The number of hydrogen-bond acceptors (Lipinski definition) is 2. The summed E-state index contributed by atoms with van der Waals surface area (Å²) in [5, 5.41) is 0. The highest BCUT2D eigenvalue weighted by Gasteiger charge is 2.19. The Morgan fingerprint density at radius 1 is 1.16 bits per heavy atom. The first-order chi connectivity index (χ1) is 9.29. The number of unbranched alkanes of at least 4 members (excludes halogenated alkanes) is 4. The van der Waals surface area contributed by atoms with Gasteiger partial charge in [-0.05, 0) is 24.1 Å². The minimum atomic E-state index is 0.193. The van der Waals surface area contributed by atoms with Crippen molar-refractivity contribution in [3.05, 3.63) is 34.3 Å². The van der Waals surface area contributed by atoms with Gasteiger partial charge in [-0.1, -0.05) is 60.7 Å². The van der Waals surface area contributed by atoms with E-state index in [-0.39, 0.29) is 6.04 Å². The Morgan fingerprint density at radius 2 is 1.89 bits per heavy atom. The lowest BCUT2D eigenvalue weighted by Crippen LogP contribution is -1.99. The summed E-state index contributed by atoms with van der Waals surface area (Å²) in [6.45, 7) is 2.94. The highest BCUT2D eigenvalue weighted by atomic mass is 79.9. The van der Waals surface area contributed by atoms with Crippen LogP contribution in [-0.4, -0.2) is 12.5 Å². The van der Waals surface area contributed by atoms with Gasteiger partial charge in [0.2, 0.25) is 0 Å². The van der Waals surface area contributed by atoms with Crippen molar-refractivity contribution in [3.63, 3.8) is 0 Å². The number of hydrogen-bond donors (Lipinski definition) is 0. The van der Waals surface area contributed by atoms with Crippen molar-refractivity contribution in [2.45, 2.75) is 51.5 Å². The normalized spacial score (nSPS) is 18.2. The highest BCUT2D eigenvalue weighted by Crippen LogP contribution is 2.25. The summed E-state index contributed by atoms with van der Waals surface area (Å²) in [4.78, 5) is 4.68. The average molecular weight is 324 g/mol. The molecular weight excluding hydrogens is 302 g/mol. The van der Waals surface area contributed by atoms with E-state index in [1.165, 1.54) is 37.7 Å². The van der Waals surface area contributed by atoms with E-state index in [9.17, 15) is 0 Å². The molecule has 1 aliphatic heterocycles. The Labute approximate surface area is 124 Å². The molecule has 104 valence electrons. The van der Waals surface area contributed by atoms with Crippen molar-refractivity contribution in [1.82, 2.24) is 0 Å². The summed E-state index contributed by atoms with van der Waals surface area (Å²) in [5.74, 6) is 0.949. The molecule has 0 aliphatic carbocycles. The van der Waals surface area contributed by atoms with Crippen LogP contribution in [0, 0.1) is 0 Å². The van der Waals surface area contributed by atoms with Crippen molar-refractivity contribution in [1.29, 1.82) is 0 Å². The van der Waals surface area contributed by atoms with Gasteiger partial charge in [-0.15, -0.1) is 0 Å². The lowest BCUT2D eigenvalue weighted by molar-refractivity contribution is 0.310. The molecule has 1 unspecified atom stereocenters. The first-order valence-electron chi connectivity index (χ1n) is 7.24. The van der Waals surface area contributed by atoms with Gasteiger partial charge in [0.05, 0.1) is 0 Å². The SMILES string of the molecule is CCCCCCCC1=NC(c2ccc(Br)cc2)CO1. The molecular formula is C16H22BrNO. The third-order valence-corrected chi connectivity index (χ3v) is 3.99. The van der Waals surface area contributed by atoms with Crippen molar-refractivity contribution in [3.8, 4) is 0 Å². The van der Waals surface area contributed by atoms with Crippen LogP contribution in [0.15, 0.2) is 33.7 Å². The van der Waals surface area contributed by atoms with E-state index < -0.39 is 0 Å². The van der Waals surface area contributed by atoms with Crippen LogP contribution < -0.4 is 0 Å². The van der Waals surface area contributed by atoms with Gasteiger partial charge in [0.25, 0.3) is 0 Å². The van der Waals surface area contributed by atoms with Crippen LogP contribution in [0.4, 0.5) is 0 Å². The molecule has 1 aromatic rings. The van der Waals surface area contributed by atoms with Crippen molar-refractivity contribution >= 4 is 21.8 Å². The standard InChI is InChI=1S/C16H22BrNO/c1-2-3-4-5-6-7-16-18-15(12-19-16)13-8-10-14(17)11-9-13/h8-11,15H,2-7,12H2,1H3. The Bertz CT molecular complexity index is 413. The summed E-state index contributed by atoms with van der Waals surface area (Å²) < 4.78 is 6.80. The van der Waals surface area contributed by atoms with Gasteiger partial charge < -0.3 is 4.74 Å². The quantitative estimate of drug-likeness (QED) is 0.625. The fourth-order valence-electron chi connectivity index (χ4n) is 2.30. The maximum Gasteiger partial charge on any atom is 0.184 e. The number of rotatable bonds is 7. The molecule has 0 fully saturated rings. The first-order valence-corrected chi connectivity index (χ1v) is 8.04. The predicted molar refractivity (Wildman–Crippen MR) is 83.6 cm³/mol. The first kappa shape index (κ1) is 14.6. The van der Waals surface area contributed by atoms with E-state index in [1.807, 2.05) is 0 Å². The zero-order chi connectivity index (χ0) is 13.5. The van der Waals surface area contributed by atoms with Crippen LogP contribution in [0.2, 0.25) is 0 Å². The fourth-order valence-corrected chi connectivity index (χ4v) is 2.56. The zero-order valence-electron chi connectivity index (χ0n) is 11.6. The zero-order valence-corrected chi connectivity index (χ0v) is 13.2. The van der Waals surface area contributed by atoms with E-state index in [0.717, 1.165) is 16.8 Å². The van der Waals surface area contributed by atoms with Crippen LogP contribution in [0.25, 0.3) is 0 Å². The number of ether oxygens (including phenoxy) is 1. The van der Waals surface area contributed by atoms with Gasteiger partial charge in [0.15, 0.2) is 5.90 Å². The molecule has 2 nitrogen and oxygen atoms in total. The minimum absolute atomic E-state index is 0.193. The van der Waals surface area contributed by atoms with Crippen molar-refractivity contribution in [2.24, 2.45) is 4.99 Å². The molecule has 1 atom stereocenters. The molecule has 1 aliphatic rings. The van der Waals surface area contributed by atoms with Gasteiger partial charge in [-0.3, -0.25) is 0 Å². The molecule has 19 heavy (non-hydrogen) atoms. The van der Waals surface area contributed by atoms with E-state index in [0.29, 0.717) is 6.61 Å². The number of aliphatic imine (C=N–C) groups is 1. The van der Waals surface area contributed by atoms with Crippen LogP contribution in [0.3, 0.4) is 0 Å². The molecule has 0 N–H and O–H groups in total. The molecule has 3 heteroatoms. The number of benzene rings is 1. The largest absolute Gasteiger partial charge is 0.478 e. The second-order valence-electron chi connectivity index (χ2n) is 5.07. The fraction of sp³-hybridized carbons (Fsp3) is 0.562. The van der Waals surface area contributed by atoms with Crippen LogP contribution in [0.5, 0.6) is 0 Å².